The summed E-state index contributed by atoms with van der Waals surface area (Å²) in [7, 11) is 3.12. The highest BCUT2D eigenvalue weighted by molar-refractivity contribution is 7.20. The number of nitrogens with one attached hydrogen (secondary N) is 3. The van der Waals surface area contributed by atoms with E-state index < -0.39 is 6.43 Å². The zero-order chi connectivity index (χ0) is 31.4. The Labute approximate surface area is 268 Å². The maximum Gasteiger partial charge on any atom is 0.251 e. The Balaban J connectivity index is 1.11. The molecule has 1 amide bonds. The SMILES string of the molecule is CNC(=O)c1ccc(NCC#Cc2sc3c(NC4CCC(N5CC6(CCOCC6)C5)CC4)cccc3c2CC(F)F)c(OC)c1. The molecule has 2 saturated heterocycles. The Hall–Kier alpha value is -3.39. The average molecular weight is 637 g/mol. The highest BCUT2D eigenvalue weighted by Crippen LogP contribution is 2.43. The van der Waals surface area contributed by atoms with E-state index in [1.807, 2.05) is 12.1 Å². The number of methoxy groups -OCH3 is 1. The number of likely N-dealkylation sites (tertiary alicyclic amines) is 1. The first kappa shape index (κ1) is 31.6. The van der Waals surface area contributed by atoms with Crippen molar-refractivity contribution in [2.24, 2.45) is 5.41 Å². The highest BCUT2D eigenvalue weighted by Gasteiger charge is 2.46. The molecule has 3 aromatic rings. The van der Waals surface area contributed by atoms with Gasteiger partial charge in [-0.05, 0) is 73.7 Å². The van der Waals surface area contributed by atoms with Crippen LogP contribution in [0.15, 0.2) is 36.4 Å². The zero-order valence-electron chi connectivity index (χ0n) is 26.0. The fourth-order valence-electron chi connectivity index (χ4n) is 7.13. The molecule has 3 N–H and O–H groups in total. The monoisotopic (exact) mass is 636 g/mol. The Morgan fingerprint density at radius 3 is 2.62 bits per heavy atom. The number of benzene rings is 2. The normalized spacial score (nSPS) is 21.2. The number of carbonyl (C=O) groups excluding carboxylic acids is 1. The van der Waals surface area contributed by atoms with Crippen molar-refractivity contribution in [3.8, 4) is 17.6 Å². The van der Waals surface area contributed by atoms with Crippen LogP contribution in [-0.2, 0) is 11.2 Å². The van der Waals surface area contributed by atoms with Crippen LogP contribution in [0.5, 0.6) is 5.75 Å². The number of hydrogen-bond donors (Lipinski definition) is 3. The fraction of sp³-hybridized carbons (Fsp3) is 0.514. The highest BCUT2D eigenvalue weighted by atomic mass is 32.1. The summed E-state index contributed by atoms with van der Waals surface area (Å²) >= 11 is 1.49. The summed E-state index contributed by atoms with van der Waals surface area (Å²) in [6.45, 7) is 4.55. The van der Waals surface area contributed by atoms with Gasteiger partial charge in [0.2, 0.25) is 6.43 Å². The third-order valence-corrected chi connectivity index (χ3v) is 10.8. The molecule has 0 radical (unpaired) electrons. The number of alkyl halides is 2. The minimum Gasteiger partial charge on any atom is -0.495 e. The Morgan fingerprint density at radius 1 is 1.13 bits per heavy atom. The van der Waals surface area contributed by atoms with Crippen LogP contribution in [0.25, 0.3) is 10.1 Å². The number of fused-ring (bicyclic) bond motifs is 1. The molecule has 1 spiro atoms. The maximum atomic E-state index is 13.7. The molecule has 0 bridgehead atoms. The second-order valence-electron chi connectivity index (χ2n) is 12.5. The molecule has 0 unspecified atom stereocenters. The van der Waals surface area contributed by atoms with Gasteiger partial charge in [-0.25, -0.2) is 8.78 Å². The second kappa shape index (κ2) is 13.9. The summed E-state index contributed by atoms with van der Waals surface area (Å²) in [5.41, 5.74) is 3.30. The van der Waals surface area contributed by atoms with E-state index in [2.05, 4.69) is 38.8 Å². The van der Waals surface area contributed by atoms with Gasteiger partial charge in [-0.1, -0.05) is 24.0 Å². The molecule has 0 atom stereocenters. The molecule has 3 heterocycles. The molecule has 45 heavy (non-hydrogen) atoms. The number of hydrogen-bond acceptors (Lipinski definition) is 7. The quantitative estimate of drug-likeness (QED) is 0.237. The second-order valence-corrected chi connectivity index (χ2v) is 13.5. The van der Waals surface area contributed by atoms with Crippen LogP contribution >= 0.6 is 11.3 Å². The number of ether oxygens (including phenoxy) is 2. The average Bonchev–Trinajstić information content (AvgIpc) is 3.39. The van der Waals surface area contributed by atoms with Crippen LogP contribution in [0.2, 0.25) is 0 Å². The van der Waals surface area contributed by atoms with Gasteiger partial charge in [0.15, 0.2) is 0 Å². The summed E-state index contributed by atoms with van der Waals surface area (Å²) in [6.07, 6.45) is 4.19. The largest absolute Gasteiger partial charge is 0.495 e. The van der Waals surface area contributed by atoms with Crippen molar-refractivity contribution in [1.82, 2.24) is 10.2 Å². The van der Waals surface area contributed by atoms with Crippen molar-refractivity contribution >= 4 is 38.7 Å². The molecule has 1 saturated carbocycles. The lowest BCUT2D eigenvalue weighted by molar-refractivity contribution is -0.102. The van der Waals surface area contributed by atoms with Crippen LogP contribution < -0.4 is 20.7 Å². The lowest BCUT2D eigenvalue weighted by Gasteiger charge is -2.56. The third-order valence-electron chi connectivity index (χ3n) is 9.64. The van der Waals surface area contributed by atoms with E-state index in [0.29, 0.717) is 44.9 Å². The van der Waals surface area contributed by atoms with Crippen molar-refractivity contribution < 1.29 is 23.0 Å². The summed E-state index contributed by atoms with van der Waals surface area (Å²) in [6, 6.07) is 12.1. The molecule has 3 fully saturated rings. The molecule has 1 aliphatic carbocycles. The van der Waals surface area contributed by atoms with Gasteiger partial charge in [0.1, 0.15) is 5.75 Å². The standard InChI is InChI=1S/C35H42F2N4O3S/c1-38-34(42)23-8-13-28(30(19-23)43-2)39-16-4-7-31-27(20-32(36)37)26-5-3-6-29(33(26)45-31)40-24-9-11-25(12-10-24)41-21-35(22-41)14-17-44-18-15-35/h3,5-6,8,13,19,24-25,32,39-40H,9-12,14-18,20-22H2,1-2H3,(H,38,42). The summed E-state index contributed by atoms with van der Waals surface area (Å²) in [4.78, 5) is 15.3. The van der Waals surface area contributed by atoms with E-state index in [0.717, 1.165) is 41.8 Å². The topological polar surface area (TPSA) is 74.9 Å². The minimum absolute atomic E-state index is 0.201. The minimum atomic E-state index is -2.46. The zero-order valence-corrected chi connectivity index (χ0v) is 26.8. The van der Waals surface area contributed by atoms with Gasteiger partial charge in [0, 0.05) is 62.8 Å². The van der Waals surface area contributed by atoms with E-state index in [4.69, 9.17) is 9.47 Å². The van der Waals surface area contributed by atoms with Crippen LogP contribution in [0.4, 0.5) is 20.2 Å². The van der Waals surface area contributed by atoms with Crippen LogP contribution in [0.1, 0.15) is 59.3 Å². The molecule has 3 aliphatic rings. The van der Waals surface area contributed by atoms with Gasteiger partial charge in [-0.3, -0.25) is 9.69 Å². The first-order chi connectivity index (χ1) is 21.9. The van der Waals surface area contributed by atoms with Crippen molar-refractivity contribution in [3.63, 3.8) is 0 Å². The van der Waals surface area contributed by atoms with E-state index in [-0.39, 0.29) is 18.9 Å². The molecule has 7 nitrogen and oxygen atoms in total. The summed E-state index contributed by atoms with van der Waals surface area (Å²) < 4.78 is 39.4. The maximum absolute atomic E-state index is 13.7. The van der Waals surface area contributed by atoms with Gasteiger partial charge in [-0.15, -0.1) is 11.3 Å². The van der Waals surface area contributed by atoms with Crippen LogP contribution in [0.3, 0.4) is 0 Å². The molecule has 2 aromatic carbocycles. The summed E-state index contributed by atoms with van der Waals surface area (Å²) in [5, 5.41) is 10.4. The van der Waals surface area contributed by atoms with E-state index in [1.165, 1.54) is 50.1 Å². The van der Waals surface area contributed by atoms with Gasteiger partial charge in [0.05, 0.1) is 34.6 Å². The van der Waals surface area contributed by atoms with E-state index >= 15 is 0 Å². The van der Waals surface area contributed by atoms with Crippen LogP contribution in [-0.4, -0.2) is 76.3 Å². The Morgan fingerprint density at radius 2 is 1.91 bits per heavy atom. The predicted octanol–water partition coefficient (Wildman–Crippen LogP) is 6.38. The lowest BCUT2D eigenvalue weighted by Crippen LogP contribution is -2.62. The lowest BCUT2D eigenvalue weighted by atomic mass is 9.71. The molecule has 6 rings (SSSR count). The van der Waals surface area contributed by atoms with E-state index in [9.17, 15) is 13.6 Å². The first-order valence-electron chi connectivity index (χ1n) is 15.9. The van der Waals surface area contributed by atoms with Crippen molar-refractivity contribution in [3.05, 3.63) is 52.4 Å². The fourth-order valence-corrected chi connectivity index (χ4v) is 8.31. The Bertz CT molecular complexity index is 1560. The molecule has 1 aromatic heterocycles. The predicted molar refractivity (Wildman–Crippen MR) is 177 cm³/mol. The molecular weight excluding hydrogens is 594 g/mol. The van der Waals surface area contributed by atoms with Crippen LogP contribution in [0, 0.1) is 17.3 Å². The number of nitrogens with zero attached hydrogens (tertiary/aromatic N) is 1. The molecular formula is C35H42F2N4O3S. The number of anilines is 2. The van der Waals surface area contributed by atoms with Gasteiger partial charge in [0.25, 0.3) is 5.91 Å². The number of carbonyl (C=O) groups is 1. The van der Waals surface area contributed by atoms with Crippen molar-refractivity contribution in [2.75, 3.05) is 57.6 Å². The van der Waals surface area contributed by atoms with Gasteiger partial charge >= 0.3 is 0 Å². The Kier molecular flexibility index (Phi) is 9.78. The van der Waals surface area contributed by atoms with Gasteiger partial charge < -0.3 is 25.4 Å². The van der Waals surface area contributed by atoms with E-state index in [1.54, 1.807) is 32.4 Å². The number of halogens is 2. The third kappa shape index (κ3) is 7.06. The number of thiophene rings is 1. The van der Waals surface area contributed by atoms with Gasteiger partial charge in [-0.2, -0.15) is 0 Å². The smallest absolute Gasteiger partial charge is 0.251 e. The first-order valence-corrected chi connectivity index (χ1v) is 16.7. The van der Waals surface area contributed by atoms with Crippen molar-refractivity contribution in [1.29, 1.82) is 0 Å². The number of rotatable bonds is 9. The van der Waals surface area contributed by atoms with Crippen molar-refractivity contribution in [2.45, 2.75) is 63.5 Å². The molecule has 10 heteroatoms. The molecule has 240 valence electrons. The number of amides is 1. The summed E-state index contributed by atoms with van der Waals surface area (Å²) in [5.74, 6) is 6.60. The molecule has 2 aliphatic heterocycles.